The molecule has 0 amide bonds. The quantitative estimate of drug-likeness (QED) is 0.719. The second-order valence-electron chi connectivity index (χ2n) is 5.81. The minimum absolute atomic E-state index is 0.0925. The Morgan fingerprint density at radius 3 is 2.68 bits per heavy atom. The molecule has 19 heavy (non-hydrogen) atoms. The van der Waals surface area contributed by atoms with E-state index in [2.05, 4.69) is 31.0 Å². The minimum atomic E-state index is -0.453. The summed E-state index contributed by atoms with van der Waals surface area (Å²) in [6, 6.07) is 0.563. The number of rotatable bonds is 7. The number of hydrogen-bond acceptors (Lipinski definition) is 4. The largest absolute Gasteiger partial charge is 0.468 e. The van der Waals surface area contributed by atoms with Crippen molar-refractivity contribution in [2.75, 3.05) is 27.2 Å². The number of ether oxygens (including phenoxy) is 1. The van der Waals surface area contributed by atoms with E-state index in [4.69, 9.17) is 4.74 Å². The monoisotopic (exact) mass is 270 g/mol. The molecule has 0 heterocycles. The summed E-state index contributed by atoms with van der Waals surface area (Å²) < 4.78 is 5.02. The highest BCUT2D eigenvalue weighted by atomic mass is 16.5. The van der Waals surface area contributed by atoms with Crippen molar-refractivity contribution in [3.05, 3.63) is 0 Å². The summed E-state index contributed by atoms with van der Waals surface area (Å²) in [5, 5.41) is 3.26. The van der Waals surface area contributed by atoms with E-state index < -0.39 is 5.54 Å². The molecule has 0 aromatic carbocycles. The maximum atomic E-state index is 12.1. The van der Waals surface area contributed by atoms with Gasteiger partial charge in [-0.2, -0.15) is 0 Å². The lowest BCUT2D eigenvalue weighted by Crippen LogP contribution is -2.54. The van der Waals surface area contributed by atoms with E-state index in [1.54, 1.807) is 0 Å². The van der Waals surface area contributed by atoms with Crippen LogP contribution in [-0.4, -0.2) is 49.7 Å². The first-order valence-electron chi connectivity index (χ1n) is 7.53. The summed E-state index contributed by atoms with van der Waals surface area (Å²) >= 11 is 0. The van der Waals surface area contributed by atoms with Gasteiger partial charge in [0.25, 0.3) is 0 Å². The van der Waals surface area contributed by atoms with Gasteiger partial charge < -0.3 is 15.0 Å². The zero-order chi connectivity index (χ0) is 14.5. The van der Waals surface area contributed by atoms with Crippen LogP contribution >= 0.6 is 0 Å². The van der Waals surface area contributed by atoms with Crippen LogP contribution in [0.3, 0.4) is 0 Å². The van der Waals surface area contributed by atoms with Crippen molar-refractivity contribution >= 4 is 5.97 Å². The lowest BCUT2D eigenvalue weighted by Gasteiger charge is -2.34. The van der Waals surface area contributed by atoms with Crippen LogP contribution in [0.2, 0.25) is 0 Å². The molecule has 1 saturated carbocycles. The fraction of sp³-hybridized carbons (Fsp3) is 0.933. The van der Waals surface area contributed by atoms with E-state index in [1.165, 1.54) is 7.11 Å². The summed E-state index contributed by atoms with van der Waals surface area (Å²) in [4.78, 5) is 14.6. The van der Waals surface area contributed by atoms with Gasteiger partial charge in [-0.05, 0) is 59.2 Å². The molecule has 0 aromatic rings. The predicted octanol–water partition coefficient (Wildman–Crippen LogP) is 2.04. The van der Waals surface area contributed by atoms with E-state index in [0.717, 1.165) is 38.8 Å². The average molecular weight is 270 g/mol. The molecular weight excluding hydrogens is 240 g/mol. The Kier molecular flexibility index (Phi) is 6.27. The van der Waals surface area contributed by atoms with Crippen LogP contribution in [0, 0.1) is 5.92 Å². The Balaban J connectivity index is 2.68. The third-order valence-electron chi connectivity index (χ3n) is 4.72. The fourth-order valence-electron chi connectivity index (χ4n) is 3.45. The summed E-state index contributed by atoms with van der Waals surface area (Å²) in [5.74, 6) is 0.294. The van der Waals surface area contributed by atoms with E-state index in [9.17, 15) is 4.79 Å². The number of carbonyl (C=O) groups excluding carboxylic acids is 1. The van der Waals surface area contributed by atoms with Crippen LogP contribution < -0.4 is 5.32 Å². The minimum Gasteiger partial charge on any atom is -0.468 e. The van der Waals surface area contributed by atoms with Crippen LogP contribution in [0.1, 0.15) is 46.5 Å². The van der Waals surface area contributed by atoms with Gasteiger partial charge in [-0.15, -0.1) is 0 Å². The molecule has 1 N–H and O–H groups in total. The first-order valence-corrected chi connectivity index (χ1v) is 7.53. The molecule has 1 aliphatic rings. The smallest absolute Gasteiger partial charge is 0.326 e. The van der Waals surface area contributed by atoms with Crippen LogP contribution in [0.5, 0.6) is 0 Å². The number of nitrogens with zero attached hydrogens (tertiary/aromatic N) is 1. The number of esters is 1. The van der Waals surface area contributed by atoms with Crippen LogP contribution in [0.4, 0.5) is 0 Å². The van der Waals surface area contributed by atoms with Crippen molar-refractivity contribution in [1.82, 2.24) is 10.2 Å². The van der Waals surface area contributed by atoms with Gasteiger partial charge in [-0.3, -0.25) is 4.79 Å². The first-order chi connectivity index (χ1) is 9.01. The first kappa shape index (κ1) is 16.4. The molecule has 0 saturated heterocycles. The van der Waals surface area contributed by atoms with Gasteiger partial charge in [0.2, 0.25) is 0 Å². The predicted molar refractivity (Wildman–Crippen MR) is 78.1 cm³/mol. The van der Waals surface area contributed by atoms with Gasteiger partial charge in [0.05, 0.1) is 7.11 Å². The average Bonchev–Trinajstić information content (AvgIpc) is 2.82. The summed E-state index contributed by atoms with van der Waals surface area (Å²) in [7, 11) is 3.37. The molecule has 1 fully saturated rings. The molecule has 2 unspecified atom stereocenters. The van der Waals surface area contributed by atoms with E-state index in [0.29, 0.717) is 12.0 Å². The molecule has 4 heteroatoms. The highest BCUT2D eigenvalue weighted by Gasteiger charge is 2.48. The second kappa shape index (κ2) is 7.25. The standard InChI is InChI=1S/C15H30N2O2/c1-6-17(12(2)3)11-9-13-8-7-10-15(13,16-4)14(18)19-5/h12-13,16H,6-11H2,1-5H3. The number of likely N-dealkylation sites (N-methyl/N-ethyl adjacent to an activating group) is 1. The van der Waals surface area contributed by atoms with Crippen molar-refractivity contribution in [2.24, 2.45) is 5.92 Å². The van der Waals surface area contributed by atoms with Crippen molar-refractivity contribution in [3.8, 4) is 0 Å². The number of carbonyl (C=O) groups is 1. The summed E-state index contributed by atoms with van der Waals surface area (Å²) in [5.41, 5.74) is -0.453. The molecule has 4 nitrogen and oxygen atoms in total. The Bertz CT molecular complexity index is 294. The van der Waals surface area contributed by atoms with Crippen LogP contribution in [-0.2, 0) is 9.53 Å². The third-order valence-corrected chi connectivity index (χ3v) is 4.72. The lowest BCUT2D eigenvalue weighted by atomic mass is 9.84. The number of hydrogen-bond donors (Lipinski definition) is 1. The van der Waals surface area contributed by atoms with Gasteiger partial charge in [-0.1, -0.05) is 13.3 Å². The molecule has 2 atom stereocenters. The van der Waals surface area contributed by atoms with Gasteiger partial charge in [0.15, 0.2) is 0 Å². The molecule has 0 aromatic heterocycles. The van der Waals surface area contributed by atoms with E-state index in [-0.39, 0.29) is 5.97 Å². The van der Waals surface area contributed by atoms with Gasteiger partial charge >= 0.3 is 5.97 Å². The zero-order valence-corrected chi connectivity index (χ0v) is 13.2. The highest BCUT2D eigenvalue weighted by molar-refractivity contribution is 5.81. The van der Waals surface area contributed by atoms with Crippen LogP contribution in [0.25, 0.3) is 0 Å². The molecular formula is C15H30N2O2. The second-order valence-corrected chi connectivity index (χ2v) is 5.81. The number of methoxy groups -OCH3 is 1. The normalized spacial score (nSPS) is 27.2. The Hall–Kier alpha value is -0.610. The Labute approximate surface area is 117 Å². The van der Waals surface area contributed by atoms with Crippen molar-refractivity contribution in [1.29, 1.82) is 0 Å². The molecule has 0 spiro atoms. The third kappa shape index (κ3) is 3.48. The summed E-state index contributed by atoms with van der Waals surface area (Å²) in [6.07, 6.45) is 4.18. The Morgan fingerprint density at radius 1 is 1.53 bits per heavy atom. The Morgan fingerprint density at radius 2 is 2.21 bits per heavy atom. The molecule has 1 rings (SSSR count). The molecule has 0 aliphatic heterocycles. The highest BCUT2D eigenvalue weighted by Crippen LogP contribution is 2.38. The topological polar surface area (TPSA) is 41.6 Å². The molecule has 0 radical (unpaired) electrons. The van der Waals surface area contributed by atoms with E-state index in [1.807, 2.05) is 7.05 Å². The fourth-order valence-corrected chi connectivity index (χ4v) is 3.45. The molecule has 1 aliphatic carbocycles. The maximum Gasteiger partial charge on any atom is 0.326 e. The summed E-state index contributed by atoms with van der Waals surface area (Å²) in [6.45, 7) is 8.77. The lowest BCUT2D eigenvalue weighted by molar-refractivity contribution is -0.150. The van der Waals surface area contributed by atoms with E-state index >= 15 is 0 Å². The van der Waals surface area contributed by atoms with Gasteiger partial charge in [0, 0.05) is 6.04 Å². The van der Waals surface area contributed by atoms with Gasteiger partial charge in [0.1, 0.15) is 5.54 Å². The van der Waals surface area contributed by atoms with Crippen LogP contribution in [0.15, 0.2) is 0 Å². The number of nitrogens with one attached hydrogen (secondary N) is 1. The van der Waals surface area contributed by atoms with Crippen molar-refractivity contribution in [2.45, 2.75) is 58.0 Å². The SMILES string of the molecule is CCN(CCC1CCCC1(NC)C(=O)OC)C(C)C. The molecule has 112 valence electrons. The zero-order valence-electron chi connectivity index (χ0n) is 13.2. The molecule has 0 bridgehead atoms. The van der Waals surface area contributed by atoms with Crippen molar-refractivity contribution in [3.63, 3.8) is 0 Å². The van der Waals surface area contributed by atoms with Gasteiger partial charge in [-0.25, -0.2) is 0 Å². The van der Waals surface area contributed by atoms with Crippen molar-refractivity contribution < 1.29 is 9.53 Å². The maximum absolute atomic E-state index is 12.1.